The monoisotopic (exact) mass is 540 g/mol. The first-order chi connectivity index (χ1) is 20.0. The van der Waals surface area contributed by atoms with Gasteiger partial charge in [-0.3, -0.25) is 9.59 Å². The smallest absolute Gasteiger partial charge is 0.330 e. The summed E-state index contributed by atoms with van der Waals surface area (Å²) in [6.45, 7) is 1.96. The highest BCUT2D eigenvalue weighted by Crippen LogP contribution is 2.53. The van der Waals surface area contributed by atoms with Crippen molar-refractivity contribution in [2.75, 3.05) is 4.90 Å². The molecule has 4 aromatic carbocycles. The molecule has 4 unspecified atom stereocenters. The summed E-state index contributed by atoms with van der Waals surface area (Å²) in [5.41, 5.74) is 5.10. The number of aryl methyl sites for hydroxylation is 1. The van der Waals surface area contributed by atoms with Crippen LogP contribution in [0.3, 0.4) is 0 Å². The second-order valence-corrected chi connectivity index (χ2v) is 10.8. The van der Waals surface area contributed by atoms with Crippen molar-refractivity contribution in [3.05, 3.63) is 143 Å². The molecule has 7 rings (SSSR count). The summed E-state index contributed by atoms with van der Waals surface area (Å²) in [6, 6.07) is 32.9. The first-order valence-electron chi connectivity index (χ1n) is 13.8. The molecule has 2 amide bonds. The Morgan fingerprint density at radius 2 is 1.32 bits per heavy atom. The number of esters is 1. The van der Waals surface area contributed by atoms with Gasteiger partial charge in [-0.15, -0.1) is 0 Å². The molecule has 6 heteroatoms. The Hall–Kier alpha value is -4.97. The number of carbonyl (C=O) groups is 3. The van der Waals surface area contributed by atoms with Crippen LogP contribution in [-0.4, -0.2) is 28.7 Å². The maximum atomic E-state index is 14.3. The molecule has 4 aromatic rings. The fourth-order valence-electron chi connectivity index (χ4n) is 6.55. The highest BCUT2D eigenvalue weighted by atomic mass is 16.5. The molecular formula is C35H28N2O4. The second-order valence-electron chi connectivity index (χ2n) is 10.8. The van der Waals surface area contributed by atoms with Gasteiger partial charge in [-0.05, 0) is 47.4 Å². The van der Waals surface area contributed by atoms with Gasteiger partial charge in [0.05, 0.1) is 23.6 Å². The molecule has 0 saturated carbocycles. The Kier molecular flexibility index (Phi) is 6.04. The Bertz CT molecular complexity index is 1630. The lowest BCUT2D eigenvalue weighted by molar-refractivity contribution is -0.155. The molecule has 0 radical (unpaired) electrons. The van der Waals surface area contributed by atoms with Gasteiger partial charge in [0.2, 0.25) is 11.8 Å². The van der Waals surface area contributed by atoms with E-state index in [-0.39, 0.29) is 11.8 Å². The Labute approximate surface area is 238 Å². The average molecular weight is 541 g/mol. The van der Waals surface area contributed by atoms with Gasteiger partial charge in [-0.1, -0.05) is 103 Å². The van der Waals surface area contributed by atoms with Crippen molar-refractivity contribution in [1.82, 2.24) is 4.90 Å². The largest absolute Gasteiger partial charge is 0.451 e. The number of fused-ring (bicyclic) bond motifs is 5. The number of imide groups is 1. The Morgan fingerprint density at radius 1 is 0.732 bits per heavy atom. The number of rotatable bonds is 5. The van der Waals surface area contributed by atoms with Gasteiger partial charge in [0, 0.05) is 6.20 Å². The fraction of sp³-hybridized carbons (Fsp3) is 0.171. The lowest BCUT2D eigenvalue weighted by Gasteiger charge is -2.35. The molecule has 202 valence electrons. The van der Waals surface area contributed by atoms with Crippen LogP contribution in [0.1, 0.15) is 40.0 Å². The van der Waals surface area contributed by atoms with Gasteiger partial charge >= 0.3 is 5.97 Å². The molecule has 3 aliphatic rings. The minimum Gasteiger partial charge on any atom is -0.451 e. The van der Waals surface area contributed by atoms with Gasteiger partial charge in [-0.25, -0.2) is 9.69 Å². The first kappa shape index (κ1) is 25.0. The molecule has 0 N–H and O–H groups in total. The van der Waals surface area contributed by atoms with Crippen LogP contribution < -0.4 is 4.90 Å². The van der Waals surface area contributed by atoms with E-state index in [2.05, 4.69) is 0 Å². The van der Waals surface area contributed by atoms with E-state index >= 15 is 0 Å². The zero-order valence-electron chi connectivity index (χ0n) is 22.5. The number of benzene rings is 4. The van der Waals surface area contributed by atoms with Crippen LogP contribution in [0.5, 0.6) is 0 Å². The predicted molar refractivity (Wildman–Crippen MR) is 155 cm³/mol. The summed E-state index contributed by atoms with van der Waals surface area (Å²) in [5.74, 6) is -2.80. The van der Waals surface area contributed by atoms with Crippen LogP contribution in [-0.2, 0) is 19.1 Å². The molecule has 3 heterocycles. The third-order valence-corrected chi connectivity index (χ3v) is 8.43. The number of nitrogens with zero attached hydrogens (tertiary/aromatic N) is 2. The summed E-state index contributed by atoms with van der Waals surface area (Å²) in [6.07, 6.45) is 3.11. The molecule has 0 aromatic heterocycles. The minimum atomic E-state index is -0.962. The standard InChI is InChI=1S/C35H28N2O4/c1-22-16-18-26(19-17-22)37-33(38)28-29(34(37)39)31(36-21-20-23-10-8-9-15-27(23)30(28)36)35(40)41-32(24-11-4-2-5-12-24)25-13-6-3-7-14-25/h2-21,28-32H,1H3. The third-order valence-electron chi connectivity index (χ3n) is 8.43. The summed E-state index contributed by atoms with van der Waals surface area (Å²) in [7, 11) is 0. The quantitative estimate of drug-likeness (QED) is 0.235. The van der Waals surface area contributed by atoms with E-state index in [0.717, 1.165) is 27.8 Å². The molecule has 6 nitrogen and oxygen atoms in total. The molecule has 3 aliphatic heterocycles. The highest BCUT2D eigenvalue weighted by Gasteiger charge is 2.65. The summed E-state index contributed by atoms with van der Waals surface area (Å²) in [4.78, 5) is 45.6. The highest BCUT2D eigenvalue weighted by molar-refractivity contribution is 6.23. The average Bonchev–Trinajstić information content (AvgIpc) is 3.49. The van der Waals surface area contributed by atoms with E-state index in [1.165, 1.54) is 4.90 Å². The van der Waals surface area contributed by atoms with Crippen LogP contribution in [0.2, 0.25) is 0 Å². The molecular weight excluding hydrogens is 512 g/mol. The number of anilines is 1. The first-order valence-corrected chi connectivity index (χ1v) is 13.8. The minimum absolute atomic E-state index is 0.290. The lowest BCUT2D eigenvalue weighted by atomic mass is 9.84. The van der Waals surface area contributed by atoms with E-state index in [4.69, 9.17) is 4.74 Å². The van der Waals surface area contributed by atoms with Crippen molar-refractivity contribution in [1.29, 1.82) is 0 Å². The molecule has 4 atom stereocenters. The molecule has 0 bridgehead atoms. The Balaban J connectivity index is 1.31. The van der Waals surface area contributed by atoms with E-state index < -0.39 is 36.0 Å². The fourth-order valence-corrected chi connectivity index (χ4v) is 6.55. The van der Waals surface area contributed by atoms with Crippen LogP contribution in [0.15, 0.2) is 115 Å². The van der Waals surface area contributed by atoms with Crippen LogP contribution in [0.25, 0.3) is 6.08 Å². The summed E-state index contributed by atoms with van der Waals surface area (Å²) < 4.78 is 6.30. The van der Waals surface area contributed by atoms with Crippen molar-refractivity contribution in [3.8, 4) is 0 Å². The van der Waals surface area contributed by atoms with Crippen LogP contribution in [0, 0.1) is 18.8 Å². The Morgan fingerprint density at radius 3 is 1.98 bits per heavy atom. The molecule has 2 fully saturated rings. The molecule has 0 spiro atoms. The van der Waals surface area contributed by atoms with Crippen LogP contribution >= 0.6 is 0 Å². The molecule has 2 saturated heterocycles. The third kappa shape index (κ3) is 4.06. The van der Waals surface area contributed by atoms with E-state index in [1.54, 1.807) is 12.1 Å². The van der Waals surface area contributed by atoms with Gasteiger partial charge in [0.25, 0.3) is 0 Å². The van der Waals surface area contributed by atoms with Crippen molar-refractivity contribution in [3.63, 3.8) is 0 Å². The number of hydrogen-bond donors (Lipinski definition) is 0. The van der Waals surface area contributed by atoms with E-state index in [0.29, 0.717) is 5.69 Å². The van der Waals surface area contributed by atoms with Gasteiger partial charge < -0.3 is 9.64 Å². The van der Waals surface area contributed by atoms with Crippen molar-refractivity contribution >= 4 is 29.5 Å². The number of carbonyl (C=O) groups excluding carboxylic acids is 3. The zero-order chi connectivity index (χ0) is 28.1. The maximum Gasteiger partial charge on any atom is 0.330 e. The molecule has 41 heavy (non-hydrogen) atoms. The lowest BCUT2D eigenvalue weighted by Crippen LogP contribution is -2.45. The maximum absolute atomic E-state index is 14.3. The van der Waals surface area contributed by atoms with Crippen molar-refractivity contribution in [2.24, 2.45) is 11.8 Å². The molecule has 0 aliphatic carbocycles. The van der Waals surface area contributed by atoms with Crippen LogP contribution in [0.4, 0.5) is 5.69 Å². The van der Waals surface area contributed by atoms with Gasteiger partial charge in [0.1, 0.15) is 6.04 Å². The van der Waals surface area contributed by atoms with Gasteiger partial charge in [-0.2, -0.15) is 0 Å². The number of amides is 2. The number of ether oxygens (including phenoxy) is 1. The normalized spacial score (nSPS) is 22.5. The topological polar surface area (TPSA) is 66.9 Å². The number of hydrogen-bond acceptors (Lipinski definition) is 5. The SMILES string of the molecule is Cc1ccc(N2C(=O)C3C(C2=O)C2c4ccccc4C=CN2C3C(=O)OC(c2ccccc2)c2ccccc2)cc1. The van der Waals surface area contributed by atoms with Crippen molar-refractivity contribution < 1.29 is 19.1 Å². The second kappa shape index (κ2) is 9.89. The van der Waals surface area contributed by atoms with Gasteiger partial charge in [0.15, 0.2) is 6.10 Å². The van der Waals surface area contributed by atoms with Crippen molar-refractivity contribution in [2.45, 2.75) is 25.1 Å². The predicted octanol–water partition coefficient (Wildman–Crippen LogP) is 5.84. The summed E-state index contributed by atoms with van der Waals surface area (Å²) >= 11 is 0. The van der Waals surface area contributed by atoms with E-state index in [1.807, 2.05) is 121 Å². The van der Waals surface area contributed by atoms with E-state index in [9.17, 15) is 14.4 Å². The summed E-state index contributed by atoms with van der Waals surface area (Å²) in [5, 5.41) is 0. The zero-order valence-corrected chi connectivity index (χ0v) is 22.5.